The fraction of sp³-hybridized carbons (Fsp3) is 0.250. The van der Waals surface area contributed by atoms with Crippen LogP contribution in [0.15, 0.2) is 4.63 Å². The number of halogens is 1. The number of rotatable bonds is 1. The van der Waals surface area contributed by atoms with E-state index < -0.39 is 5.24 Å². The highest BCUT2D eigenvalue weighted by Crippen LogP contribution is 2.00. The molecule has 1 N–H and O–H groups in total. The number of carbonyl (C=O) groups excluding carboxylic acids is 1. The minimum atomic E-state index is -0.740. The van der Waals surface area contributed by atoms with Gasteiger partial charge in [-0.3, -0.25) is 4.79 Å². The van der Waals surface area contributed by atoms with Gasteiger partial charge in [0.05, 0.1) is 0 Å². The summed E-state index contributed by atoms with van der Waals surface area (Å²) in [6.07, 6.45) is 0. The van der Waals surface area contributed by atoms with Crippen molar-refractivity contribution in [3.63, 3.8) is 0 Å². The quantitative estimate of drug-likeness (QED) is 0.602. The Bertz CT molecular complexity index is 313. The van der Waals surface area contributed by atoms with Gasteiger partial charge in [0.25, 0.3) is 16.6 Å². The number of H-pyrrole nitrogens is 1. The van der Waals surface area contributed by atoms with E-state index in [1.807, 2.05) is 0 Å². The van der Waals surface area contributed by atoms with Gasteiger partial charge in [-0.15, -0.1) is 0 Å². The molecule has 0 aliphatic rings. The monoisotopic (exact) mass is 163 g/mol. The van der Waals surface area contributed by atoms with E-state index in [0.29, 0.717) is 0 Å². The summed E-state index contributed by atoms with van der Waals surface area (Å²) in [4.78, 5) is 20.9. The average Bonchev–Trinajstić information content (AvgIpc) is 2.14. The van der Waals surface area contributed by atoms with Crippen molar-refractivity contribution in [2.75, 3.05) is 0 Å². The van der Waals surface area contributed by atoms with Crippen molar-refractivity contribution in [3.05, 3.63) is 16.3 Å². The molecule has 0 bridgehead atoms. The van der Waals surface area contributed by atoms with Crippen LogP contribution in [0.3, 0.4) is 0 Å². The topological polar surface area (TPSA) is 69.0 Å². The van der Waals surface area contributed by atoms with E-state index in [2.05, 4.69) is 9.79 Å². The molecular formula is C4H4ClN2O3+. The van der Waals surface area contributed by atoms with Crippen LogP contribution >= 0.6 is 11.6 Å². The smallest absolute Gasteiger partial charge is 0.271 e. The third-order valence-corrected chi connectivity index (χ3v) is 1.25. The fourth-order valence-electron chi connectivity index (χ4n) is 0.503. The van der Waals surface area contributed by atoms with Crippen molar-refractivity contribution in [2.24, 2.45) is 0 Å². The van der Waals surface area contributed by atoms with Gasteiger partial charge in [0.2, 0.25) is 0 Å². The van der Waals surface area contributed by atoms with Gasteiger partial charge in [-0.2, -0.15) is 0 Å². The average molecular weight is 164 g/mol. The minimum Gasteiger partial charge on any atom is -0.271 e. The summed E-state index contributed by atoms with van der Waals surface area (Å²) in [5.74, 6) is 0. The van der Waals surface area contributed by atoms with Gasteiger partial charge in [0.1, 0.15) is 0 Å². The summed E-state index contributed by atoms with van der Waals surface area (Å²) in [6, 6.07) is 0. The van der Waals surface area contributed by atoms with Crippen molar-refractivity contribution in [3.8, 4) is 0 Å². The lowest BCUT2D eigenvalue weighted by atomic mass is 10.4. The van der Waals surface area contributed by atoms with Crippen molar-refractivity contribution < 1.29 is 14.0 Å². The van der Waals surface area contributed by atoms with Gasteiger partial charge in [-0.25, -0.2) is 0 Å². The third kappa shape index (κ3) is 0.950. The Kier molecular flexibility index (Phi) is 1.58. The first-order chi connectivity index (χ1) is 4.63. The Morgan fingerprint density at radius 1 is 1.80 bits per heavy atom. The molecule has 0 atom stereocenters. The first-order valence-corrected chi connectivity index (χ1v) is 2.81. The maximum Gasteiger partial charge on any atom is 0.299 e. The summed E-state index contributed by atoms with van der Waals surface area (Å²) in [5.41, 5.74) is 0.108. The first kappa shape index (κ1) is 7.01. The number of aromatic amines is 1. The number of hydrogen-bond donors (Lipinski definition) is 1. The van der Waals surface area contributed by atoms with Crippen LogP contribution in [0, 0.1) is 11.8 Å². The Morgan fingerprint density at radius 3 is 2.60 bits per heavy atom. The molecule has 0 saturated carbocycles. The molecule has 0 radical (unpaired) electrons. The normalized spacial score (nSPS) is 9.80. The molecule has 54 valence electrons. The Morgan fingerprint density at radius 2 is 2.40 bits per heavy atom. The van der Waals surface area contributed by atoms with Crippen molar-refractivity contribution >= 4 is 16.8 Å². The van der Waals surface area contributed by atoms with Gasteiger partial charge in [0, 0.05) is 6.92 Å². The van der Waals surface area contributed by atoms with E-state index in [9.17, 15) is 9.70 Å². The lowest BCUT2D eigenvalue weighted by Gasteiger charge is -1.72. The lowest BCUT2D eigenvalue weighted by Crippen LogP contribution is -2.13. The standard InChI is InChI=1S/C4H4ClN2O3/c1-2-3(4(5)8)6-10-7(2)9/h6H,1H3/q+1. The zero-order valence-corrected chi connectivity index (χ0v) is 5.81. The van der Waals surface area contributed by atoms with Crippen LogP contribution in [0.4, 0.5) is 0 Å². The molecule has 6 heteroatoms. The van der Waals surface area contributed by atoms with Crippen LogP contribution < -0.4 is 4.60 Å². The van der Waals surface area contributed by atoms with Gasteiger partial charge in [-0.1, -0.05) is 9.79 Å². The number of aromatic nitrogens is 2. The second-order valence-electron chi connectivity index (χ2n) is 1.68. The third-order valence-electron chi connectivity index (χ3n) is 1.06. The fourth-order valence-corrected chi connectivity index (χ4v) is 0.678. The maximum absolute atomic E-state index is 10.5. The second-order valence-corrected chi connectivity index (χ2v) is 2.03. The molecule has 5 nitrogen and oxygen atoms in total. The van der Waals surface area contributed by atoms with Gasteiger partial charge < -0.3 is 0 Å². The van der Waals surface area contributed by atoms with Gasteiger partial charge >= 0.3 is 0 Å². The van der Waals surface area contributed by atoms with Crippen LogP contribution in [-0.2, 0) is 0 Å². The van der Waals surface area contributed by atoms with E-state index in [0.717, 1.165) is 0 Å². The summed E-state index contributed by atoms with van der Waals surface area (Å²) in [7, 11) is 0. The summed E-state index contributed by atoms with van der Waals surface area (Å²) in [6.45, 7) is 1.42. The molecule has 0 unspecified atom stereocenters. The van der Waals surface area contributed by atoms with E-state index in [-0.39, 0.29) is 16.0 Å². The summed E-state index contributed by atoms with van der Waals surface area (Å²) in [5, 5.41) is 1.33. The zero-order chi connectivity index (χ0) is 7.72. The Hall–Kier alpha value is -1.10. The van der Waals surface area contributed by atoms with Crippen molar-refractivity contribution in [1.82, 2.24) is 5.16 Å². The Labute approximate surface area is 60.1 Å². The van der Waals surface area contributed by atoms with Crippen LogP contribution in [0.5, 0.6) is 0 Å². The molecule has 0 fully saturated rings. The zero-order valence-electron chi connectivity index (χ0n) is 5.05. The van der Waals surface area contributed by atoms with Crippen molar-refractivity contribution in [2.45, 2.75) is 6.92 Å². The molecule has 10 heavy (non-hydrogen) atoms. The Balaban J connectivity index is 3.31. The van der Waals surface area contributed by atoms with E-state index in [1.165, 1.54) is 6.92 Å². The number of nitrogens with one attached hydrogen (secondary N) is 1. The second kappa shape index (κ2) is 2.26. The maximum atomic E-state index is 10.5. The number of nitrogens with zero attached hydrogens (tertiary/aromatic N) is 1. The number of hydrogen-bond acceptors (Lipinski definition) is 3. The number of carbonyl (C=O) groups is 1. The molecule has 0 aliphatic carbocycles. The highest BCUT2D eigenvalue weighted by molar-refractivity contribution is 6.67. The molecule has 0 aliphatic heterocycles. The first-order valence-electron chi connectivity index (χ1n) is 2.44. The molecule has 0 saturated heterocycles. The molecule has 1 aromatic rings. The van der Waals surface area contributed by atoms with Crippen LogP contribution in [0.1, 0.15) is 16.2 Å². The van der Waals surface area contributed by atoms with E-state index >= 15 is 0 Å². The van der Waals surface area contributed by atoms with E-state index in [1.54, 1.807) is 0 Å². The van der Waals surface area contributed by atoms with Crippen molar-refractivity contribution in [1.29, 1.82) is 0 Å². The molecule has 1 rings (SSSR count). The summed E-state index contributed by atoms with van der Waals surface area (Å²) >= 11 is 5.04. The molecule has 0 aromatic carbocycles. The van der Waals surface area contributed by atoms with E-state index in [4.69, 9.17) is 11.6 Å². The molecule has 1 heterocycles. The van der Waals surface area contributed by atoms with Gasteiger partial charge in [0.15, 0.2) is 4.60 Å². The largest absolute Gasteiger partial charge is 0.299 e. The highest BCUT2D eigenvalue weighted by Gasteiger charge is 2.20. The van der Waals surface area contributed by atoms with Crippen LogP contribution in [0.25, 0.3) is 0 Å². The highest BCUT2D eigenvalue weighted by atomic mass is 35.5. The SMILES string of the molecule is Cc1c(C(=O)Cl)[nH]o[n+]1=O. The molecule has 1 aromatic heterocycles. The van der Waals surface area contributed by atoms with Crippen LogP contribution in [0.2, 0.25) is 0 Å². The minimum absolute atomic E-state index is 0.0170. The molecular weight excluding hydrogens is 160 g/mol. The molecule has 0 amide bonds. The van der Waals surface area contributed by atoms with Crippen LogP contribution in [-0.4, -0.2) is 10.4 Å². The lowest BCUT2D eigenvalue weighted by molar-refractivity contribution is -0.718. The predicted octanol–water partition coefficient (Wildman–Crippen LogP) is 0.210. The van der Waals surface area contributed by atoms with Gasteiger partial charge in [-0.05, 0) is 16.5 Å². The summed E-state index contributed by atoms with van der Waals surface area (Å²) < 4.78 is 4.36. The molecule has 0 spiro atoms. The predicted molar refractivity (Wildman–Crippen MR) is 31.3 cm³/mol.